The van der Waals surface area contributed by atoms with E-state index in [1.54, 1.807) is 38.4 Å². The van der Waals surface area contributed by atoms with Crippen LogP contribution in [0.15, 0.2) is 42.6 Å². The number of nitrogens with one attached hydrogen (secondary N) is 2. The highest BCUT2D eigenvalue weighted by molar-refractivity contribution is 6.03. The Kier molecular flexibility index (Phi) is 6.34. The fourth-order valence-electron chi connectivity index (χ4n) is 3.60. The molecule has 5 rings (SSSR count). The Morgan fingerprint density at radius 1 is 1.14 bits per heavy atom. The molecule has 0 unspecified atom stereocenters. The first-order chi connectivity index (χ1) is 17.4. The fraction of sp³-hybridized carbons (Fsp3) is 0.292. The minimum atomic E-state index is -0.621. The first-order valence-electron chi connectivity index (χ1n) is 11.4. The van der Waals surface area contributed by atoms with Gasteiger partial charge in [-0.05, 0) is 44.0 Å². The first-order valence-corrected chi connectivity index (χ1v) is 11.4. The number of ether oxygens (including phenoxy) is 2. The highest BCUT2D eigenvalue weighted by Crippen LogP contribution is 2.30. The Balaban J connectivity index is 1.31. The van der Waals surface area contributed by atoms with E-state index in [9.17, 15) is 14.0 Å². The van der Waals surface area contributed by atoms with Crippen LogP contribution in [0, 0.1) is 18.7 Å². The number of rotatable bonds is 9. The van der Waals surface area contributed by atoms with Crippen LogP contribution in [0.4, 0.5) is 15.9 Å². The summed E-state index contributed by atoms with van der Waals surface area (Å²) >= 11 is 0. The molecule has 3 aromatic heterocycles. The normalized spacial score (nSPS) is 13.1. The average molecular weight is 493 g/mol. The second-order valence-electron chi connectivity index (χ2n) is 8.45. The number of nitrogens with zero attached hydrogens (tertiary/aromatic N) is 5. The molecular formula is C24H24FN7O4. The lowest BCUT2D eigenvalue weighted by molar-refractivity contribution is -0.117. The van der Waals surface area contributed by atoms with E-state index in [0.29, 0.717) is 30.3 Å². The monoisotopic (exact) mass is 493 g/mol. The zero-order chi connectivity index (χ0) is 25.2. The van der Waals surface area contributed by atoms with Crippen LogP contribution in [-0.2, 0) is 16.1 Å². The fourth-order valence-corrected chi connectivity index (χ4v) is 3.60. The van der Waals surface area contributed by atoms with E-state index in [1.165, 1.54) is 27.4 Å². The van der Waals surface area contributed by atoms with Gasteiger partial charge in [0.15, 0.2) is 11.5 Å². The van der Waals surface area contributed by atoms with Crippen LogP contribution < -0.4 is 15.4 Å². The van der Waals surface area contributed by atoms with Crippen LogP contribution in [0.2, 0.25) is 0 Å². The lowest BCUT2D eigenvalue weighted by Crippen LogP contribution is -2.19. The van der Waals surface area contributed by atoms with E-state index in [2.05, 4.69) is 25.8 Å². The van der Waals surface area contributed by atoms with Crippen LogP contribution in [0.3, 0.4) is 0 Å². The molecule has 2 N–H and O–H groups in total. The Bertz CT molecular complexity index is 1440. The molecule has 0 aliphatic heterocycles. The summed E-state index contributed by atoms with van der Waals surface area (Å²) in [6.45, 7) is 2.53. The van der Waals surface area contributed by atoms with Gasteiger partial charge in [-0.15, -0.1) is 5.10 Å². The maximum atomic E-state index is 14.5. The summed E-state index contributed by atoms with van der Waals surface area (Å²) in [5.74, 6) is -0.228. The lowest BCUT2D eigenvalue weighted by Gasteiger charge is -2.11. The third-order valence-electron chi connectivity index (χ3n) is 5.55. The van der Waals surface area contributed by atoms with Gasteiger partial charge in [-0.25, -0.2) is 13.9 Å². The number of benzene rings is 1. The minimum absolute atomic E-state index is 0.0484. The van der Waals surface area contributed by atoms with Crippen LogP contribution in [0.5, 0.6) is 11.6 Å². The van der Waals surface area contributed by atoms with Crippen molar-refractivity contribution < 1.29 is 23.5 Å². The largest absolute Gasteiger partial charge is 0.438 e. The quantitative estimate of drug-likeness (QED) is 0.366. The van der Waals surface area contributed by atoms with E-state index in [-0.39, 0.29) is 34.8 Å². The van der Waals surface area contributed by atoms with E-state index < -0.39 is 11.7 Å². The smallest absolute Gasteiger partial charge is 0.274 e. The number of hydrogen-bond acceptors (Lipinski definition) is 7. The van der Waals surface area contributed by atoms with E-state index >= 15 is 0 Å². The number of halogens is 1. The predicted octanol–water partition coefficient (Wildman–Crippen LogP) is 3.41. The molecule has 186 valence electrons. The van der Waals surface area contributed by atoms with Gasteiger partial charge in [-0.2, -0.15) is 5.10 Å². The molecule has 2 amide bonds. The Labute approximate surface area is 205 Å². The van der Waals surface area contributed by atoms with Gasteiger partial charge in [0.1, 0.15) is 17.3 Å². The minimum Gasteiger partial charge on any atom is -0.438 e. The van der Waals surface area contributed by atoms with Crippen molar-refractivity contribution in [1.82, 2.24) is 24.4 Å². The van der Waals surface area contributed by atoms with Gasteiger partial charge >= 0.3 is 0 Å². The summed E-state index contributed by atoms with van der Waals surface area (Å²) in [5.41, 5.74) is 1.42. The number of hydrogen-bond donors (Lipinski definition) is 2. The summed E-state index contributed by atoms with van der Waals surface area (Å²) in [7, 11) is 1.56. The van der Waals surface area contributed by atoms with Gasteiger partial charge < -0.3 is 20.1 Å². The number of aromatic nitrogens is 5. The molecule has 3 heterocycles. The topological polar surface area (TPSA) is 125 Å². The highest BCUT2D eigenvalue weighted by Gasteiger charge is 2.30. The highest BCUT2D eigenvalue weighted by atomic mass is 19.1. The summed E-state index contributed by atoms with van der Waals surface area (Å²) in [5, 5.41) is 14.0. The summed E-state index contributed by atoms with van der Waals surface area (Å²) in [6.07, 6.45) is 3.38. The van der Waals surface area contributed by atoms with Gasteiger partial charge in [0.05, 0.1) is 30.7 Å². The van der Waals surface area contributed by atoms with Crippen molar-refractivity contribution >= 4 is 29.0 Å². The van der Waals surface area contributed by atoms with Gasteiger partial charge in [-0.3, -0.25) is 14.3 Å². The third-order valence-corrected chi connectivity index (χ3v) is 5.55. The van der Waals surface area contributed by atoms with Crippen LogP contribution in [-0.4, -0.2) is 49.9 Å². The number of carbonyl (C=O) groups excluding carboxylic acids is 2. The molecule has 36 heavy (non-hydrogen) atoms. The lowest BCUT2D eigenvalue weighted by atomic mass is 10.2. The molecular weight excluding hydrogens is 469 g/mol. The predicted molar refractivity (Wildman–Crippen MR) is 128 cm³/mol. The maximum Gasteiger partial charge on any atom is 0.274 e. The van der Waals surface area contributed by atoms with Gasteiger partial charge in [0, 0.05) is 25.2 Å². The van der Waals surface area contributed by atoms with Gasteiger partial charge in [0.2, 0.25) is 11.8 Å². The number of anilines is 2. The SMILES string of the molecule is COCCn1nc(C)cc1C(=O)Nc1cc(Oc2ccc3nc(NC(=O)C4CC4)cn3n2)ccc1F. The van der Waals surface area contributed by atoms with Crippen molar-refractivity contribution in [3.8, 4) is 11.6 Å². The first kappa shape index (κ1) is 23.4. The zero-order valence-corrected chi connectivity index (χ0v) is 19.7. The molecule has 11 nitrogen and oxygen atoms in total. The standard InChI is InChI=1S/C24H24FN7O4/c1-14-11-19(31(29-14)9-10-35-2)24(34)26-18-12-16(5-6-17(18)25)36-22-8-7-21-27-20(13-32(21)30-22)28-23(33)15-3-4-15/h5-8,11-13,15H,3-4,9-10H2,1-2H3,(H,26,34)(H,28,33). The second-order valence-corrected chi connectivity index (χ2v) is 8.45. The van der Waals surface area contributed by atoms with Crippen molar-refractivity contribution in [3.05, 3.63) is 59.8 Å². The Morgan fingerprint density at radius 2 is 1.97 bits per heavy atom. The van der Waals surface area contributed by atoms with Crippen molar-refractivity contribution in [1.29, 1.82) is 0 Å². The number of amides is 2. The molecule has 1 aliphatic rings. The van der Waals surface area contributed by atoms with E-state index in [1.807, 2.05) is 0 Å². The molecule has 0 radical (unpaired) electrons. The Hall–Kier alpha value is -4.32. The van der Waals surface area contributed by atoms with Gasteiger partial charge in [0.25, 0.3) is 5.91 Å². The number of fused-ring (bicyclic) bond motifs is 1. The molecule has 12 heteroatoms. The maximum absolute atomic E-state index is 14.5. The molecule has 1 saturated carbocycles. The number of imidazole rings is 1. The molecule has 4 aromatic rings. The molecule has 1 aromatic carbocycles. The third kappa shape index (κ3) is 5.18. The number of carbonyl (C=O) groups is 2. The zero-order valence-electron chi connectivity index (χ0n) is 19.7. The van der Waals surface area contributed by atoms with Crippen LogP contribution in [0.1, 0.15) is 29.0 Å². The molecule has 0 bridgehead atoms. The van der Waals surface area contributed by atoms with Crippen LogP contribution in [0.25, 0.3) is 5.65 Å². The number of aryl methyl sites for hydroxylation is 1. The van der Waals surface area contributed by atoms with Crippen molar-refractivity contribution in [2.45, 2.75) is 26.3 Å². The average Bonchev–Trinajstić information content (AvgIpc) is 3.53. The number of methoxy groups -OCH3 is 1. The van der Waals surface area contributed by atoms with Crippen molar-refractivity contribution in [2.75, 3.05) is 24.4 Å². The van der Waals surface area contributed by atoms with Crippen LogP contribution >= 0.6 is 0 Å². The van der Waals surface area contributed by atoms with E-state index in [0.717, 1.165) is 12.8 Å². The molecule has 0 atom stereocenters. The summed E-state index contributed by atoms with van der Waals surface area (Å²) in [6, 6.07) is 8.91. The second kappa shape index (κ2) is 9.74. The van der Waals surface area contributed by atoms with Crippen molar-refractivity contribution in [2.24, 2.45) is 5.92 Å². The van der Waals surface area contributed by atoms with E-state index in [4.69, 9.17) is 9.47 Å². The molecule has 1 aliphatic carbocycles. The molecule has 0 spiro atoms. The Morgan fingerprint density at radius 3 is 2.75 bits per heavy atom. The van der Waals surface area contributed by atoms with Crippen molar-refractivity contribution in [3.63, 3.8) is 0 Å². The summed E-state index contributed by atoms with van der Waals surface area (Å²) < 4.78 is 28.3. The molecule has 1 fully saturated rings. The van der Waals surface area contributed by atoms with Gasteiger partial charge in [-0.1, -0.05) is 0 Å². The summed E-state index contributed by atoms with van der Waals surface area (Å²) in [4.78, 5) is 29.1. The molecule has 0 saturated heterocycles.